The van der Waals surface area contributed by atoms with Crippen molar-refractivity contribution < 1.29 is 13.2 Å². The number of carbonyl (C=O) groups is 1. The van der Waals surface area contributed by atoms with Crippen LogP contribution in [0.1, 0.15) is 45.4 Å². The van der Waals surface area contributed by atoms with Crippen LogP contribution < -0.4 is 4.72 Å². The Balaban J connectivity index is 2.51. The Morgan fingerprint density at radius 2 is 2.17 bits per heavy atom. The molecule has 0 saturated heterocycles. The highest BCUT2D eigenvalue weighted by Gasteiger charge is 2.20. The lowest BCUT2D eigenvalue weighted by atomic mass is 9.97. The van der Waals surface area contributed by atoms with Crippen LogP contribution in [0.3, 0.4) is 0 Å². The highest BCUT2D eigenvalue weighted by atomic mass is 32.2. The molecule has 0 aromatic carbocycles. The first-order valence-corrected chi connectivity index (χ1v) is 7.84. The fourth-order valence-corrected chi connectivity index (χ4v) is 2.90. The Morgan fingerprint density at radius 1 is 1.44 bits per heavy atom. The molecule has 0 atom stereocenters. The highest BCUT2D eigenvalue weighted by Crippen LogP contribution is 2.19. The molecule has 0 heterocycles. The fourth-order valence-electron chi connectivity index (χ4n) is 1.96. The third kappa shape index (κ3) is 4.78. The van der Waals surface area contributed by atoms with E-state index >= 15 is 0 Å². The molecule has 0 radical (unpaired) electrons. The zero-order chi connectivity index (χ0) is 13.6. The maximum Gasteiger partial charge on any atom is 0.303 e. The SMILES string of the molecule is CCCN(C)S(=O)(=O)NC(=O)CC1=CCCCC1. The third-order valence-corrected chi connectivity index (χ3v) is 4.45. The summed E-state index contributed by atoms with van der Waals surface area (Å²) in [6.07, 6.45) is 7.09. The van der Waals surface area contributed by atoms with E-state index in [0.29, 0.717) is 6.54 Å². The topological polar surface area (TPSA) is 66.5 Å². The van der Waals surface area contributed by atoms with Crippen LogP contribution in [-0.2, 0) is 15.0 Å². The summed E-state index contributed by atoms with van der Waals surface area (Å²) in [6.45, 7) is 2.30. The van der Waals surface area contributed by atoms with E-state index in [1.807, 2.05) is 13.0 Å². The standard InChI is InChI=1S/C12H22N2O3S/c1-3-9-14(2)18(16,17)13-12(15)10-11-7-5-4-6-8-11/h7H,3-6,8-10H2,1-2H3,(H,13,15). The summed E-state index contributed by atoms with van der Waals surface area (Å²) in [5.41, 5.74) is 1.05. The van der Waals surface area contributed by atoms with Crippen LogP contribution in [0.5, 0.6) is 0 Å². The van der Waals surface area contributed by atoms with Crippen molar-refractivity contribution in [1.82, 2.24) is 9.03 Å². The smallest absolute Gasteiger partial charge is 0.274 e. The van der Waals surface area contributed by atoms with Crippen molar-refractivity contribution in [3.05, 3.63) is 11.6 Å². The average molecular weight is 274 g/mol. The number of amides is 1. The molecule has 18 heavy (non-hydrogen) atoms. The van der Waals surface area contributed by atoms with Gasteiger partial charge in [-0.25, -0.2) is 4.72 Å². The highest BCUT2D eigenvalue weighted by molar-refractivity contribution is 7.87. The van der Waals surface area contributed by atoms with Gasteiger partial charge in [-0.1, -0.05) is 18.6 Å². The number of hydrogen-bond donors (Lipinski definition) is 1. The Labute approximate surface area is 109 Å². The molecule has 0 aromatic rings. The van der Waals surface area contributed by atoms with Gasteiger partial charge in [0.05, 0.1) is 0 Å². The molecule has 1 aliphatic rings. The summed E-state index contributed by atoms with van der Waals surface area (Å²) in [7, 11) is -2.19. The van der Waals surface area contributed by atoms with Gasteiger partial charge in [0.15, 0.2) is 0 Å². The summed E-state index contributed by atoms with van der Waals surface area (Å²) in [6, 6.07) is 0. The summed E-state index contributed by atoms with van der Waals surface area (Å²) < 4.78 is 26.8. The summed E-state index contributed by atoms with van der Waals surface area (Å²) in [4.78, 5) is 11.7. The quantitative estimate of drug-likeness (QED) is 0.748. The lowest BCUT2D eigenvalue weighted by molar-refractivity contribution is -0.118. The van der Waals surface area contributed by atoms with E-state index in [-0.39, 0.29) is 6.42 Å². The molecule has 1 aliphatic carbocycles. The maximum absolute atomic E-state index is 11.7. The van der Waals surface area contributed by atoms with Gasteiger partial charge in [-0.2, -0.15) is 12.7 Å². The van der Waals surface area contributed by atoms with Gasteiger partial charge in [-0.3, -0.25) is 4.79 Å². The van der Waals surface area contributed by atoms with Gasteiger partial charge in [-0.15, -0.1) is 0 Å². The first-order valence-electron chi connectivity index (χ1n) is 6.40. The number of hydrogen-bond acceptors (Lipinski definition) is 3. The number of rotatable bonds is 6. The van der Waals surface area contributed by atoms with Gasteiger partial charge in [0, 0.05) is 20.0 Å². The Hall–Kier alpha value is -0.880. The molecule has 0 saturated carbocycles. The maximum atomic E-state index is 11.7. The van der Waals surface area contributed by atoms with E-state index in [0.717, 1.165) is 37.7 Å². The molecule has 0 spiro atoms. The molecule has 0 aliphatic heterocycles. The van der Waals surface area contributed by atoms with E-state index in [4.69, 9.17) is 0 Å². The van der Waals surface area contributed by atoms with Crippen molar-refractivity contribution in [2.75, 3.05) is 13.6 Å². The van der Waals surface area contributed by atoms with Gasteiger partial charge in [0.2, 0.25) is 5.91 Å². The van der Waals surface area contributed by atoms with Crippen LogP contribution in [-0.4, -0.2) is 32.2 Å². The second kappa shape index (κ2) is 6.89. The molecular formula is C12H22N2O3S. The molecule has 0 fully saturated rings. The van der Waals surface area contributed by atoms with Crippen molar-refractivity contribution in [3.63, 3.8) is 0 Å². The number of carbonyl (C=O) groups excluding carboxylic acids is 1. The Morgan fingerprint density at radius 3 is 2.72 bits per heavy atom. The van der Waals surface area contributed by atoms with Gasteiger partial charge < -0.3 is 0 Å². The first-order chi connectivity index (χ1) is 8.45. The zero-order valence-corrected chi connectivity index (χ0v) is 11.9. The van der Waals surface area contributed by atoms with Crippen LogP contribution in [0.15, 0.2) is 11.6 Å². The summed E-state index contributed by atoms with van der Waals surface area (Å²) in [5.74, 6) is -0.439. The minimum Gasteiger partial charge on any atom is -0.274 e. The van der Waals surface area contributed by atoms with E-state index in [2.05, 4.69) is 4.72 Å². The number of nitrogens with one attached hydrogen (secondary N) is 1. The summed E-state index contributed by atoms with van der Waals surface area (Å²) in [5, 5.41) is 0. The van der Waals surface area contributed by atoms with E-state index in [1.54, 1.807) is 0 Å². The molecule has 104 valence electrons. The van der Waals surface area contributed by atoms with E-state index in [9.17, 15) is 13.2 Å². The first kappa shape index (κ1) is 15.2. The Kier molecular flexibility index (Phi) is 5.81. The normalized spacial score (nSPS) is 16.5. The minimum atomic E-state index is -3.67. The van der Waals surface area contributed by atoms with Gasteiger partial charge in [0.1, 0.15) is 0 Å². The third-order valence-electron chi connectivity index (χ3n) is 2.96. The van der Waals surface area contributed by atoms with Crippen LogP contribution in [0.4, 0.5) is 0 Å². The second-order valence-corrected chi connectivity index (χ2v) is 6.41. The number of allylic oxidation sites excluding steroid dienone is 1. The largest absolute Gasteiger partial charge is 0.303 e. The molecule has 0 bridgehead atoms. The lowest BCUT2D eigenvalue weighted by Crippen LogP contribution is -2.41. The predicted molar refractivity (Wildman–Crippen MR) is 71.2 cm³/mol. The van der Waals surface area contributed by atoms with Crippen molar-refractivity contribution in [3.8, 4) is 0 Å². The molecule has 0 aromatic heterocycles. The molecule has 1 amide bonds. The molecule has 0 unspecified atom stereocenters. The molecular weight excluding hydrogens is 252 g/mol. The lowest BCUT2D eigenvalue weighted by Gasteiger charge is -2.17. The number of nitrogens with zero attached hydrogens (tertiary/aromatic N) is 1. The molecule has 5 nitrogen and oxygen atoms in total. The molecule has 1 N–H and O–H groups in total. The van der Waals surface area contributed by atoms with Crippen LogP contribution in [0.25, 0.3) is 0 Å². The van der Waals surface area contributed by atoms with Crippen molar-refractivity contribution >= 4 is 16.1 Å². The van der Waals surface area contributed by atoms with Crippen molar-refractivity contribution in [2.45, 2.75) is 45.4 Å². The van der Waals surface area contributed by atoms with Gasteiger partial charge in [0.25, 0.3) is 0 Å². The van der Waals surface area contributed by atoms with Gasteiger partial charge in [-0.05, 0) is 32.1 Å². The van der Waals surface area contributed by atoms with Crippen LogP contribution >= 0.6 is 0 Å². The van der Waals surface area contributed by atoms with Crippen LogP contribution in [0.2, 0.25) is 0 Å². The average Bonchev–Trinajstić information content (AvgIpc) is 2.29. The monoisotopic (exact) mass is 274 g/mol. The van der Waals surface area contributed by atoms with Crippen LogP contribution in [0, 0.1) is 0 Å². The van der Waals surface area contributed by atoms with Crippen molar-refractivity contribution in [1.29, 1.82) is 0 Å². The second-order valence-electron chi connectivity index (χ2n) is 4.64. The predicted octanol–water partition coefficient (Wildman–Crippen LogP) is 1.58. The van der Waals surface area contributed by atoms with E-state index < -0.39 is 16.1 Å². The van der Waals surface area contributed by atoms with E-state index in [1.165, 1.54) is 11.4 Å². The zero-order valence-electron chi connectivity index (χ0n) is 11.1. The van der Waals surface area contributed by atoms with Gasteiger partial charge >= 0.3 is 10.2 Å². The molecule has 1 rings (SSSR count). The van der Waals surface area contributed by atoms with Crippen molar-refractivity contribution in [2.24, 2.45) is 0 Å². The molecule has 6 heteroatoms. The summed E-state index contributed by atoms with van der Waals surface area (Å²) >= 11 is 0. The fraction of sp³-hybridized carbons (Fsp3) is 0.750. The minimum absolute atomic E-state index is 0.194. The Bertz CT molecular complexity index is 415.